The quantitative estimate of drug-likeness (QED) is 0.611. The summed E-state index contributed by atoms with van der Waals surface area (Å²) < 4.78 is 5.34. The topological polar surface area (TPSA) is 26.3 Å². The third-order valence-electron chi connectivity index (χ3n) is 1.90. The van der Waals surface area contributed by atoms with Gasteiger partial charge >= 0.3 is 0 Å². The first-order chi connectivity index (χ1) is 6.69. The van der Waals surface area contributed by atoms with E-state index in [0.29, 0.717) is 24.3 Å². The highest BCUT2D eigenvalue weighted by atomic mass is 32.1. The lowest BCUT2D eigenvalue weighted by molar-refractivity contribution is 0.0987. The van der Waals surface area contributed by atoms with Crippen LogP contribution in [0.1, 0.15) is 30.6 Å². The second-order valence-corrected chi connectivity index (χ2v) is 3.37. The Labute approximate surface area is 89.7 Å². The van der Waals surface area contributed by atoms with Crippen molar-refractivity contribution in [3.63, 3.8) is 0 Å². The number of Topliss-reactive ketones (excluding diaryl/α,β-unsaturated/α-hetero) is 1. The van der Waals surface area contributed by atoms with E-state index in [1.807, 2.05) is 13.8 Å². The molecule has 0 unspecified atom stereocenters. The molecule has 0 aromatic heterocycles. The minimum absolute atomic E-state index is 0.124. The Bertz CT molecular complexity index is 334. The van der Waals surface area contributed by atoms with E-state index in [-0.39, 0.29) is 5.78 Å². The number of carbonyl (C=O) groups is 1. The van der Waals surface area contributed by atoms with E-state index in [2.05, 4.69) is 12.6 Å². The van der Waals surface area contributed by atoms with Crippen LogP contribution in [0.2, 0.25) is 0 Å². The summed E-state index contributed by atoms with van der Waals surface area (Å²) in [5.74, 6) is 0.800. The van der Waals surface area contributed by atoms with Crippen LogP contribution in [0.3, 0.4) is 0 Å². The summed E-state index contributed by atoms with van der Waals surface area (Å²) in [6, 6.07) is 5.31. The van der Waals surface area contributed by atoms with Crippen LogP contribution in [0, 0.1) is 0 Å². The molecule has 0 fully saturated rings. The van der Waals surface area contributed by atoms with Gasteiger partial charge in [0, 0.05) is 16.9 Å². The first-order valence-corrected chi connectivity index (χ1v) is 5.12. The zero-order chi connectivity index (χ0) is 10.6. The van der Waals surface area contributed by atoms with Gasteiger partial charge in [-0.05, 0) is 19.1 Å². The Morgan fingerprint density at radius 1 is 1.43 bits per heavy atom. The maximum absolute atomic E-state index is 11.4. The van der Waals surface area contributed by atoms with Gasteiger partial charge in [0.05, 0.1) is 6.61 Å². The van der Waals surface area contributed by atoms with E-state index < -0.39 is 0 Å². The second kappa shape index (κ2) is 5.05. The summed E-state index contributed by atoms with van der Waals surface area (Å²) in [7, 11) is 0. The maximum atomic E-state index is 11.4. The molecule has 0 aliphatic heterocycles. The van der Waals surface area contributed by atoms with E-state index in [1.54, 1.807) is 18.2 Å². The number of thiol groups is 1. The Morgan fingerprint density at radius 2 is 2.14 bits per heavy atom. The van der Waals surface area contributed by atoms with Crippen LogP contribution in [0.5, 0.6) is 5.75 Å². The van der Waals surface area contributed by atoms with Crippen molar-refractivity contribution in [2.24, 2.45) is 0 Å². The highest BCUT2D eigenvalue weighted by molar-refractivity contribution is 7.80. The fraction of sp³-hybridized carbons (Fsp3) is 0.364. The highest BCUT2D eigenvalue weighted by Gasteiger charge is 2.06. The minimum atomic E-state index is 0.124. The first-order valence-electron chi connectivity index (χ1n) is 4.68. The largest absolute Gasteiger partial charge is 0.493 e. The number of hydrogen-bond donors (Lipinski definition) is 1. The van der Waals surface area contributed by atoms with Gasteiger partial charge in [-0.25, -0.2) is 0 Å². The number of rotatable bonds is 4. The molecule has 0 saturated heterocycles. The van der Waals surface area contributed by atoms with Crippen LogP contribution < -0.4 is 4.74 Å². The predicted molar refractivity (Wildman–Crippen MR) is 59.5 cm³/mol. The van der Waals surface area contributed by atoms with Gasteiger partial charge in [0.15, 0.2) is 5.78 Å². The van der Waals surface area contributed by atoms with Crippen LogP contribution in [0.25, 0.3) is 0 Å². The van der Waals surface area contributed by atoms with Crippen molar-refractivity contribution >= 4 is 18.4 Å². The summed E-state index contributed by atoms with van der Waals surface area (Å²) in [4.78, 5) is 12.2. The molecular weight excluding hydrogens is 196 g/mol. The van der Waals surface area contributed by atoms with Gasteiger partial charge in [-0.1, -0.05) is 13.0 Å². The zero-order valence-corrected chi connectivity index (χ0v) is 9.30. The molecule has 0 aliphatic rings. The normalized spacial score (nSPS) is 9.93. The molecule has 3 heteroatoms. The molecule has 0 atom stereocenters. The van der Waals surface area contributed by atoms with Crippen LogP contribution >= 0.6 is 12.6 Å². The molecular formula is C11H14O2S. The molecule has 0 N–H and O–H groups in total. The smallest absolute Gasteiger partial charge is 0.162 e. The van der Waals surface area contributed by atoms with Gasteiger partial charge in [-0.3, -0.25) is 4.79 Å². The molecule has 1 rings (SSSR count). The van der Waals surface area contributed by atoms with E-state index in [1.165, 1.54) is 0 Å². The molecule has 14 heavy (non-hydrogen) atoms. The van der Waals surface area contributed by atoms with Gasteiger partial charge in [0.2, 0.25) is 0 Å². The van der Waals surface area contributed by atoms with Crippen LogP contribution in [0.15, 0.2) is 23.1 Å². The molecule has 0 bridgehead atoms. The average molecular weight is 210 g/mol. The minimum Gasteiger partial charge on any atom is -0.493 e. The average Bonchev–Trinajstić information content (AvgIpc) is 2.20. The summed E-state index contributed by atoms with van der Waals surface area (Å²) in [6.07, 6.45) is 0.511. The monoisotopic (exact) mass is 210 g/mol. The van der Waals surface area contributed by atoms with Crippen molar-refractivity contribution in [1.29, 1.82) is 0 Å². The van der Waals surface area contributed by atoms with Gasteiger partial charge in [0.25, 0.3) is 0 Å². The van der Waals surface area contributed by atoms with Crippen molar-refractivity contribution in [2.45, 2.75) is 25.2 Å². The van der Waals surface area contributed by atoms with Crippen LogP contribution in [-0.4, -0.2) is 12.4 Å². The molecule has 76 valence electrons. The van der Waals surface area contributed by atoms with Gasteiger partial charge in [-0.15, -0.1) is 12.6 Å². The lowest BCUT2D eigenvalue weighted by Crippen LogP contribution is -1.99. The molecule has 0 spiro atoms. The van der Waals surface area contributed by atoms with Crippen LogP contribution in [0.4, 0.5) is 0 Å². The molecule has 1 aromatic carbocycles. The fourth-order valence-corrected chi connectivity index (χ4v) is 1.37. The third kappa shape index (κ3) is 2.51. The van der Waals surface area contributed by atoms with Crippen LogP contribution in [-0.2, 0) is 0 Å². The van der Waals surface area contributed by atoms with Crippen molar-refractivity contribution in [1.82, 2.24) is 0 Å². The fourth-order valence-electron chi connectivity index (χ4n) is 1.16. The van der Waals surface area contributed by atoms with Crippen molar-refractivity contribution in [3.8, 4) is 5.75 Å². The maximum Gasteiger partial charge on any atom is 0.162 e. The van der Waals surface area contributed by atoms with E-state index in [9.17, 15) is 4.79 Å². The molecule has 0 heterocycles. The van der Waals surface area contributed by atoms with Gasteiger partial charge in [-0.2, -0.15) is 0 Å². The molecule has 0 amide bonds. The Kier molecular flexibility index (Phi) is 4.01. The van der Waals surface area contributed by atoms with Crippen molar-refractivity contribution in [2.75, 3.05) is 6.61 Å². The second-order valence-electron chi connectivity index (χ2n) is 2.89. The lowest BCUT2D eigenvalue weighted by Gasteiger charge is -2.07. The number of benzene rings is 1. The van der Waals surface area contributed by atoms with Crippen molar-refractivity contribution < 1.29 is 9.53 Å². The first kappa shape index (κ1) is 11.1. The summed E-state index contributed by atoms with van der Waals surface area (Å²) in [5.41, 5.74) is 0.689. The van der Waals surface area contributed by atoms with E-state index >= 15 is 0 Å². The standard InChI is InChI=1S/C11H14O2S/c1-3-9(12)8-5-6-11(14)10(7-8)13-4-2/h5-7,14H,3-4H2,1-2H3. The molecule has 1 aromatic rings. The van der Waals surface area contributed by atoms with Crippen molar-refractivity contribution in [3.05, 3.63) is 23.8 Å². The predicted octanol–water partition coefficient (Wildman–Crippen LogP) is 2.97. The number of hydrogen-bond acceptors (Lipinski definition) is 3. The third-order valence-corrected chi connectivity index (χ3v) is 2.27. The molecule has 0 aliphatic carbocycles. The summed E-state index contributed by atoms with van der Waals surface area (Å²) in [6.45, 7) is 4.33. The summed E-state index contributed by atoms with van der Waals surface area (Å²) >= 11 is 4.24. The number of ketones is 1. The Morgan fingerprint density at radius 3 is 2.71 bits per heavy atom. The van der Waals surface area contributed by atoms with E-state index in [4.69, 9.17) is 4.74 Å². The lowest BCUT2D eigenvalue weighted by atomic mass is 10.1. The summed E-state index contributed by atoms with van der Waals surface area (Å²) in [5, 5.41) is 0. The Balaban J connectivity index is 2.99. The van der Waals surface area contributed by atoms with Gasteiger partial charge in [0.1, 0.15) is 5.75 Å². The molecule has 2 nitrogen and oxygen atoms in total. The number of carbonyl (C=O) groups excluding carboxylic acids is 1. The molecule has 0 saturated carbocycles. The van der Waals surface area contributed by atoms with E-state index in [0.717, 1.165) is 4.90 Å². The zero-order valence-electron chi connectivity index (χ0n) is 8.41. The van der Waals surface area contributed by atoms with Gasteiger partial charge < -0.3 is 4.74 Å². The highest BCUT2D eigenvalue weighted by Crippen LogP contribution is 2.24. The molecule has 0 radical (unpaired) electrons. The Hall–Kier alpha value is -0.960. The SMILES string of the molecule is CCOc1cc(C(=O)CC)ccc1S. The number of ether oxygens (including phenoxy) is 1.